The number of carbonyl (C=O) groups excluding carboxylic acids is 1. The zero-order valence-corrected chi connectivity index (χ0v) is 15.0. The predicted molar refractivity (Wildman–Crippen MR) is 99.1 cm³/mol. The summed E-state index contributed by atoms with van der Waals surface area (Å²) in [7, 11) is 0. The summed E-state index contributed by atoms with van der Waals surface area (Å²) in [6.45, 7) is 7.74. The van der Waals surface area contributed by atoms with Gasteiger partial charge in [0, 0.05) is 45.2 Å². The molecule has 3 N–H and O–H groups in total. The Morgan fingerprint density at radius 1 is 1.12 bits per heavy atom. The number of hydrogen-bond donors (Lipinski definition) is 3. The Balaban J connectivity index is 1.22. The zero-order chi connectivity index (χ0) is 17.1. The van der Waals surface area contributed by atoms with Gasteiger partial charge in [0.1, 0.15) is 0 Å². The van der Waals surface area contributed by atoms with E-state index in [0.717, 1.165) is 52.4 Å². The van der Waals surface area contributed by atoms with Gasteiger partial charge in [0.05, 0.1) is 5.41 Å². The first-order valence-corrected chi connectivity index (χ1v) is 9.72. The molecule has 5 heteroatoms. The molecule has 0 aliphatic carbocycles. The number of fused-ring (bicyclic) bond motifs is 1. The molecule has 0 bridgehead atoms. The summed E-state index contributed by atoms with van der Waals surface area (Å²) >= 11 is 0. The van der Waals surface area contributed by atoms with Gasteiger partial charge in [-0.25, -0.2) is 0 Å². The average Bonchev–Trinajstić information content (AvgIpc) is 3.23. The molecule has 3 aliphatic rings. The fourth-order valence-corrected chi connectivity index (χ4v) is 4.70. The lowest BCUT2D eigenvalue weighted by atomic mass is 9.80. The number of carbonyl (C=O) groups is 1. The van der Waals surface area contributed by atoms with E-state index >= 15 is 0 Å². The van der Waals surface area contributed by atoms with Gasteiger partial charge in [-0.3, -0.25) is 9.69 Å². The van der Waals surface area contributed by atoms with Gasteiger partial charge in [-0.1, -0.05) is 30.3 Å². The highest BCUT2D eigenvalue weighted by molar-refractivity contribution is 5.84. The molecule has 0 spiro atoms. The highest BCUT2D eigenvalue weighted by atomic mass is 16.2. The van der Waals surface area contributed by atoms with Gasteiger partial charge in [-0.15, -0.1) is 0 Å². The van der Waals surface area contributed by atoms with E-state index in [0.29, 0.717) is 11.8 Å². The minimum absolute atomic E-state index is 0.200. The Bertz CT molecular complexity index is 573. The van der Waals surface area contributed by atoms with Crippen LogP contribution in [-0.4, -0.2) is 56.6 Å². The smallest absolute Gasteiger partial charge is 0.229 e. The van der Waals surface area contributed by atoms with Crippen molar-refractivity contribution in [1.82, 2.24) is 20.9 Å². The predicted octanol–water partition coefficient (Wildman–Crippen LogP) is 0.824. The average molecular weight is 342 g/mol. The summed E-state index contributed by atoms with van der Waals surface area (Å²) in [5, 5.41) is 10.1. The van der Waals surface area contributed by atoms with E-state index < -0.39 is 0 Å². The van der Waals surface area contributed by atoms with Crippen LogP contribution in [0.2, 0.25) is 0 Å². The number of amides is 1. The molecule has 25 heavy (non-hydrogen) atoms. The minimum Gasteiger partial charge on any atom is -0.355 e. The maximum Gasteiger partial charge on any atom is 0.229 e. The number of nitrogens with one attached hydrogen (secondary N) is 3. The van der Waals surface area contributed by atoms with Crippen molar-refractivity contribution in [2.24, 2.45) is 17.3 Å². The Hall–Kier alpha value is -1.43. The van der Waals surface area contributed by atoms with E-state index in [9.17, 15) is 4.79 Å². The second-order valence-corrected chi connectivity index (χ2v) is 8.03. The second kappa shape index (κ2) is 7.44. The summed E-state index contributed by atoms with van der Waals surface area (Å²) in [6, 6.07) is 10.7. The van der Waals surface area contributed by atoms with Gasteiger partial charge in [-0.2, -0.15) is 0 Å². The van der Waals surface area contributed by atoms with Gasteiger partial charge in [-0.05, 0) is 37.4 Å². The first-order chi connectivity index (χ1) is 12.3. The van der Waals surface area contributed by atoms with Crippen molar-refractivity contribution in [3.63, 3.8) is 0 Å². The van der Waals surface area contributed by atoms with Crippen LogP contribution in [0, 0.1) is 17.3 Å². The molecule has 0 saturated carbocycles. The Morgan fingerprint density at radius 3 is 2.48 bits per heavy atom. The van der Waals surface area contributed by atoms with Gasteiger partial charge < -0.3 is 16.0 Å². The van der Waals surface area contributed by atoms with Gasteiger partial charge >= 0.3 is 0 Å². The van der Waals surface area contributed by atoms with Crippen molar-refractivity contribution in [3.05, 3.63) is 35.9 Å². The van der Waals surface area contributed by atoms with Crippen LogP contribution in [0.15, 0.2) is 30.3 Å². The monoisotopic (exact) mass is 342 g/mol. The Morgan fingerprint density at radius 2 is 1.80 bits per heavy atom. The molecule has 1 amide bonds. The number of nitrogens with zero attached hydrogens (tertiary/aromatic N) is 1. The van der Waals surface area contributed by atoms with E-state index in [1.165, 1.54) is 18.4 Å². The molecule has 136 valence electrons. The molecule has 3 heterocycles. The third-order valence-corrected chi connectivity index (χ3v) is 6.40. The first kappa shape index (κ1) is 17.0. The lowest BCUT2D eigenvalue weighted by Crippen LogP contribution is -2.49. The first-order valence-electron chi connectivity index (χ1n) is 9.72. The van der Waals surface area contributed by atoms with Crippen LogP contribution in [0.1, 0.15) is 18.4 Å². The van der Waals surface area contributed by atoms with Crippen molar-refractivity contribution in [2.45, 2.75) is 19.4 Å². The molecule has 1 aromatic rings. The number of hydrogen-bond acceptors (Lipinski definition) is 4. The van der Waals surface area contributed by atoms with E-state index in [1.807, 2.05) is 0 Å². The Labute approximate surface area is 150 Å². The van der Waals surface area contributed by atoms with Crippen LogP contribution in [0.3, 0.4) is 0 Å². The highest BCUT2D eigenvalue weighted by Gasteiger charge is 2.51. The van der Waals surface area contributed by atoms with Crippen LogP contribution in [-0.2, 0) is 11.3 Å². The van der Waals surface area contributed by atoms with Crippen molar-refractivity contribution in [3.8, 4) is 0 Å². The van der Waals surface area contributed by atoms with Crippen molar-refractivity contribution in [1.29, 1.82) is 0 Å². The summed E-state index contributed by atoms with van der Waals surface area (Å²) < 4.78 is 0. The van der Waals surface area contributed by atoms with Crippen LogP contribution >= 0.6 is 0 Å². The summed E-state index contributed by atoms with van der Waals surface area (Å²) in [6.07, 6.45) is 2.36. The molecule has 1 aromatic carbocycles. The van der Waals surface area contributed by atoms with Gasteiger partial charge in [0.15, 0.2) is 0 Å². The maximum atomic E-state index is 12.8. The maximum absolute atomic E-state index is 12.8. The quantitative estimate of drug-likeness (QED) is 0.742. The van der Waals surface area contributed by atoms with E-state index in [2.05, 4.69) is 51.2 Å². The van der Waals surface area contributed by atoms with E-state index in [4.69, 9.17) is 0 Å². The lowest BCUT2D eigenvalue weighted by Gasteiger charge is -2.33. The van der Waals surface area contributed by atoms with Crippen molar-refractivity contribution >= 4 is 5.91 Å². The molecular weight excluding hydrogens is 312 g/mol. The largest absolute Gasteiger partial charge is 0.355 e. The number of benzene rings is 1. The molecule has 0 radical (unpaired) electrons. The number of likely N-dealkylation sites (tertiary alicyclic amines) is 1. The standard InChI is InChI=1S/C20H30N4O/c25-19(20-14-21-11-18(20)12-22-15-20)23-10-16-6-8-24(9-7-16)13-17-4-2-1-3-5-17/h1-5,16,18,21-22H,6-15H2,(H,23,25). The Kier molecular flexibility index (Phi) is 5.06. The molecule has 0 aromatic heterocycles. The van der Waals surface area contributed by atoms with Crippen molar-refractivity contribution < 1.29 is 4.79 Å². The molecule has 4 rings (SSSR count). The number of rotatable bonds is 5. The van der Waals surface area contributed by atoms with E-state index in [-0.39, 0.29) is 11.3 Å². The van der Waals surface area contributed by atoms with Gasteiger partial charge in [0.25, 0.3) is 0 Å². The summed E-state index contributed by atoms with van der Waals surface area (Å²) in [4.78, 5) is 15.3. The van der Waals surface area contributed by atoms with E-state index in [1.54, 1.807) is 0 Å². The topological polar surface area (TPSA) is 56.4 Å². The molecule has 5 nitrogen and oxygen atoms in total. The lowest BCUT2D eigenvalue weighted by molar-refractivity contribution is -0.130. The molecule has 0 atom stereocenters. The number of piperidine rings is 1. The fraction of sp³-hybridized carbons (Fsp3) is 0.650. The van der Waals surface area contributed by atoms with Crippen molar-refractivity contribution in [2.75, 3.05) is 45.8 Å². The van der Waals surface area contributed by atoms with Crippen LogP contribution in [0.5, 0.6) is 0 Å². The van der Waals surface area contributed by atoms with Crippen LogP contribution in [0.4, 0.5) is 0 Å². The third kappa shape index (κ3) is 3.59. The van der Waals surface area contributed by atoms with Crippen LogP contribution < -0.4 is 16.0 Å². The normalized spacial score (nSPS) is 30.3. The minimum atomic E-state index is -0.200. The molecular formula is C20H30N4O. The third-order valence-electron chi connectivity index (χ3n) is 6.40. The molecule has 3 aliphatic heterocycles. The summed E-state index contributed by atoms with van der Waals surface area (Å²) in [5.74, 6) is 1.34. The zero-order valence-electron chi connectivity index (χ0n) is 15.0. The van der Waals surface area contributed by atoms with Gasteiger partial charge in [0.2, 0.25) is 5.91 Å². The SMILES string of the molecule is O=C(NCC1CCN(Cc2ccccc2)CC1)C12CNCC1CNC2. The van der Waals surface area contributed by atoms with Crippen LogP contribution in [0.25, 0.3) is 0 Å². The molecule has 3 fully saturated rings. The fourth-order valence-electron chi connectivity index (χ4n) is 4.70. The molecule has 0 unspecified atom stereocenters. The molecule has 3 saturated heterocycles. The highest BCUT2D eigenvalue weighted by Crippen LogP contribution is 2.35. The summed E-state index contributed by atoms with van der Waals surface area (Å²) in [5.41, 5.74) is 1.19. The second-order valence-electron chi connectivity index (χ2n) is 8.03.